The molecule has 3 rings (SSSR count). The van der Waals surface area contributed by atoms with Gasteiger partial charge in [-0.1, -0.05) is 24.3 Å². The highest BCUT2D eigenvalue weighted by molar-refractivity contribution is 7.98. The molecular weight excluding hydrogens is 344 g/mol. The van der Waals surface area contributed by atoms with Crippen LogP contribution in [0.25, 0.3) is 0 Å². The molecule has 1 aromatic heterocycles. The van der Waals surface area contributed by atoms with Crippen molar-refractivity contribution in [3.05, 3.63) is 84.7 Å². The Labute approximate surface area is 157 Å². The molecule has 0 saturated carbocycles. The van der Waals surface area contributed by atoms with Crippen molar-refractivity contribution in [1.29, 1.82) is 0 Å². The van der Waals surface area contributed by atoms with Crippen molar-refractivity contribution in [2.45, 2.75) is 23.7 Å². The molecule has 0 bridgehead atoms. The maximum Gasteiger partial charge on any atom is 0.265 e. The molecule has 0 fully saturated rings. The van der Waals surface area contributed by atoms with Gasteiger partial charge in [-0.05, 0) is 55.0 Å². The highest BCUT2D eigenvalue weighted by Gasteiger charge is 2.14. The third-order valence-electron chi connectivity index (χ3n) is 3.68. The molecule has 0 saturated heterocycles. The standard InChI is InChI=1S/C21H20N2O2S/c1-16(25-19-7-3-2-4-8-19)21(24)23-18-9-11-20(12-10-18)26-15-17-6-5-13-22-14-17/h2-14,16H,15H2,1H3,(H,23,24). The molecule has 0 radical (unpaired) electrons. The van der Waals surface area contributed by atoms with Crippen molar-refractivity contribution < 1.29 is 9.53 Å². The first-order valence-corrected chi connectivity index (χ1v) is 9.33. The van der Waals surface area contributed by atoms with Gasteiger partial charge in [0.05, 0.1) is 0 Å². The van der Waals surface area contributed by atoms with Gasteiger partial charge in [-0.3, -0.25) is 9.78 Å². The van der Waals surface area contributed by atoms with Gasteiger partial charge in [-0.15, -0.1) is 11.8 Å². The highest BCUT2D eigenvalue weighted by atomic mass is 32.2. The number of ether oxygens (including phenoxy) is 1. The Morgan fingerprint density at radius 1 is 1.08 bits per heavy atom. The summed E-state index contributed by atoms with van der Waals surface area (Å²) >= 11 is 1.73. The normalized spacial score (nSPS) is 11.6. The maximum absolute atomic E-state index is 12.3. The molecule has 2 aromatic carbocycles. The van der Waals surface area contributed by atoms with Crippen molar-refractivity contribution in [2.75, 3.05) is 5.32 Å². The second-order valence-electron chi connectivity index (χ2n) is 5.74. The number of anilines is 1. The van der Waals surface area contributed by atoms with Gasteiger partial charge in [0.1, 0.15) is 5.75 Å². The number of thioether (sulfide) groups is 1. The molecule has 0 aliphatic carbocycles. The fourth-order valence-electron chi connectivity index (χ4n) is 2.29. The van der Waals surface area contributed by atoms with E-state index in [-0.39, 0.29) is 5.91 Å². The fraction of sp³-hybridized carbons (Fsp3) is 0.143. The van der Waals surface area contributed by atoms with Gasteiger partial charge in [0, 0.05) is 28.7 Å². The number of amides is 1. The van der Waals surface area contributed by atoms with Crippen LogP contribution in [0.5, 0.6) is 5.75 Å². The van der Waals surface area contributed by atoms with Crippen LogP contribution in [0.2, 0.25) is 0 Å². The van der Waals surface area contributed by atoms with Crippen LogP contribution in [0, 0.1) is 0 Å². The molecule has 0 spiro atoms. The predicted molar refractivity (Wildman–Crippen MR) is 105 cm³/mol. The molecule has 0 aliphatic rings. The van der Waals surface area contributed by atoms with Crippen LogP contribution < -0.4 is 10.1 Å². The number of benzene rings is 2. The van der Waals surface area contributed by atoms with E-state index in [1.807, 2.05) is 66.9 Å². The van der Waals surface area contributed by atoms with Crippen LogP contribution in [0.3, 0.4) is 0 Å². The summed E-state index contributed by atoms with van der Waals surface area (Å²) in [6.07, 6.45) is 3.07. The average molecular weight is 364 g/mol. The van der Waals surface area contributed by atoms with E-state index in [1.165, 1.54) is 5.56 Å². The van der Waals surface area contributed by atoms with E-state index in [4.69, 9.17) is 4.74 Å². The van der Waals surface area contributed by atoms with Crippen LogP contribution in [0.4, 0.5) is 5.69 Å². The third-order valence-corrected chi connectivity index (χ3v) is 4.76. The van der Waals surface area contributed by atoms with E-state index >= 15 is 0 Å². The first-order valence-electron chi connectivity index (χ1n) is 8.35. The lowest BCUT2D eigenvalue weighted by Crippen LogP contribution is -2.30. The Hall–Kier alpha value is -2.79. The fourth-order valence-corrected chi connectivity index (χ4v) is 3.12. The molecule has 1 unspecified atom stereocenters. The second kappa shape index (κ2) is 9.06. The van der Waals surface area contributed by atoms with Gasteiger partial charge in [0.25, 0.3) is 5.91 Å². The van der Waals surface area contributed by atoms with E-state index < -0.39 is 6.10 Å². The van der Waals surface area contributed by atoms with Crippen molar-refractivity contribution >= 4 is 23.4 Å². The highest BCUT2D eigenvalue weighted by Crippen LogP contribution is 2.24. The zero-order valence-electron chi connectivity index (χ0n) is 14.5. The molecule has 5 heteroatoms. The van der Waals surface area contributed by atoms with Gasteiger partial charge in [-0.25, -0.2) is 0 Å². The smallest absolute Gasteiger partial charge is 0.265 e. The summed E-state index contributed by atoms with van der Waals surface area (Å²) in [6, 6.07) is 21.1. The molecule has 3 aromatic rings. The Morgan fingerprint density at radius 2 is 1.85 bits per heavy atom. The molecule has 1 amide bonds. The summed E-state index contributed by atoms with van der Waals surface area (Å²) in [7, 11) is 0. The molecule has 1 heterocycles. The van der Waals surface area contributed by atoms with Crippen molar-refractivity contribution in [1.82, 2.24) is 4.98 Å². The molecule has 4 nitrogen and oxygen atoms in total. The van der Waals surface area contributed by atoms with E-state index in [0.29, 0.717) is 5.75 Å². The minimum atomic E-state index is -0.572. The van der Waals surface area contributed by atoms with Crippen LogP contribution in [-0.4, -0.2) is 17.0 Å². The van der Waals surface area contributed by atoms with Crippen molar-refractivity contribution in [3.63, 3.8) is 0 Å². The van der Waals surface area contributed by atoms with E-state index in [2.05, 4.69) is 16.4 Å². The summed E-state index contributed by atoms with van der Waals surface area (Å²) in [5.74, 6) is 1.36. The Balaban J connectivity index is 1.51. The van der Waals surface area contributed by atoms with Crippen LogP contribution in [0.1, 0.15) is 12.5 Å². The average Bonchev–Trinajstić information content (AvgIpc) is 2.69. The lowest BCUT2D eigenvalue weighted by Gasteiger charge is -2.14. The monoisotopic (exact) mass is 364 g/mol. The first-order chi connectivity index (χ1) is 12.7. The van der Waals surface area contributed by atoms with E-state index in [9.17, 15) is 4.79 Å². The number of hydrogen-bond donors (Lipinski definition) is 1. The van der Waals surface area contributed by atoms with Crippen molar-refractivity contribution in [2.24, 2.45) is 0 Å². The predicted octanol–water partition coefficient (Wildman–Crippen LogP) is 4.78. The number of nitrogens with zero attached hydrogens (tertiary/aromatic N) is 1. The zero-order valence-corrected chi connectivity index (χ0v) is 15.3. The van der Waals surface area contributed by atoms with Gasteiger partial charge in [0.2, 0.25) is 0 Å². The Morgan fingerprint density at radius 3 is 2.54 bits per heavy atom. The molecule has 1 atom stereocenters. The van der Waals surface area contributed by atoms with Crippen LogP contribution in [0.15, 0.2) is 84.0 Å². The molecule has 26 heavy (non-hydrogen) atoms. The summed E-state index contributed by atoms with van der Waals surface area (Å²) in [5, 5.41) is 2.88. The number of carbonyl (C=O) groups excluding carboxylic acids is 1. The zero-order chi connectivity index (χ0) is 18.2. The minimum Gasteiger partial charge on any atom is -0.481 e. The summed E-state index contributed by atoms with van der Waals surface area (Å²) < 4.78 is 5.64. The van der Waals surface area contributed by atoms with E-state index in [1.54, 1.807) is 24.9 Å². The molecule has 0 aliphatic heterocycles. The summed E-state index contributed by atoms with van der Waals surface area (Å²) in [4.78, 5) is 17.5. The first kappa shape index (κ1) is 18.0. The topological polar surface area (TPSA) is 51.2 Å². The molecule has 1 N–H and O–H groups in total. The number of pyridine rings is 1. The maximum atomic E-state index is 12.3. The summed E-state index contributed by atoms with van der Waals surface area (Å²) in [6.45, 7) is 1.74. The Bertz CT molecular complexity index is 824. The number of rotatable bonds is 7. The SMILES string of the molecule is CC(Oc1ccccc1)C(=O)Nc1ccc(SCc2cccnc2)cc1. The largest absolute Gasteiger partial charge is 0.481 e. The lowest BCUT2D eigenvalue weighted by molar-refractivity contribution is -0.122. The third kappa shape index (κ3) is 5.36. The number of aromatic nitrogens is 1. The van der Waals surface area contributed by atoms with Gasteiger partial charge >= 0.3 is 0 Å². The van der Waals surface area contributed by atoms with Crippen molar-refractivity contribution in [3.8, 4) is 5.75 Å². The summed E-state index contributed by atoms with van der Waals surface area (Å²) in [5.41, 5.74) is 1.94. The van der Waals surface area contributed by atoms with E-state index in [0.717, 1.165) is 16.3 Å². The Kier molecular flexibility index (Phi) is 6.28. The van der Waals surface area contributed by atoms with Gasteiger partial charge in [0.15, 0.2) is 6.10 Å². The number of hydrogen-bond acceptors (Lipinski definition) is 4. The minimum absolute atomic E-state index is 0.176. The van der Waals surface area contributed by atoms with Gasteiger partial charge in [-0.2, -0.15) is 0 Å². The molecule has 132 valence electrons. The molecular formula is C21H20N2O2S. The number of carbonyl (C=O) groups is 1. The van der Waals surface area contributed by atoms with Crippen LogP contribution >= 0.6 is 11.8 Å². The number of nitrogens with one attached hydrogen (secondary N) is 1. The lowest BCUT2D eigenvalue weighted by atomic mass is 10.3. The second-order valence-corrected chi connectivity index (χ2v) is 6.79. The number of para-hydroxylation sites is 1. The van der Waals surface area contributed by atoms with Crippen LogP contribution in [-0.2, 0) is 10.5 Å². The quantitative estimate of drug-likeness (QED) is 0.613. The van der Waals surface area contributed by atoms with Gasteiger partial charge < -0.3 is 10.1 Å².